The van der Waals surface area contributed by atoms with E-state index >= 15 is 0 Å². The molecule has 208 valence electrons. The molecule has 0 radical (unpaired) electrons. The van der Waals surface area contributed by atoms with Crippen molar-refractivity contribution in [2.24, 2.45) is 0 Å². The number of benzene rings is 3. The molecule has 39 heavy (non-hydrogen) atoms. The van der Waals surface area contributed by atoms with Crippen LogP contribution in [0.3, 0.4) is 0 Å². The summed E-state index contributed by atoms with van der Waals surface area (Å²) in [5.74, 6) is -0.912. The average Bonchev–Trinajstić information content (AvgIpc) is 2.87. The van der Waals surface area contributed by atoms with Crippen LogP contribution in [0.1, 0.15) is 25.0 Å². The van der Waals surface area contributed by atoms with Crippen LogP contribution in [-0.2, 0) is 32.6 Å². The number of hydrogen-bond acceptors (Lipinski definition) is 4. The fourth-order valence-corrected chi connectivity index (χ4v) is 5.57. The molecule has 0 bridgehead atoms. The Kier molecular flexibility index (Phi) is 10.8. The summed E-state index contributed by atoms with van der Waals surface area (Å²) in [5.41, 5.74) is 1.70. The van der Waals surface area contributed by atoms with Gasteiger partial charge in [-0.25, -0.2) is 8.42 Å². The summed E-state index contributed by atoms with van der Waals surface area (Å²) in [6.07, 6.45) is 1.22. The normalized spacial score (nSPS) is 12.2. The number of nitrogens with zero attached hydrogens (tertiary/aromatic N) is 2. The highest BCUT2D eigenvalue weighted by Gasteiger charge is 2.33. The maximum Gasteiger partial charge on any atom is 0.244 e. The SMILES string of the molecule is CC(C)NC(=O)[C@@H](Cc1ccccc1)N(Cc1ccc(Br)cc1)C(=O)CN(c1cccc(Cl)c1Cl)S(C)(=O)=O. The summed E-state index contributed by atoms with van der Waals surface area (Å²) in [6, 6.07) is 20.2. The van der Waals surface area contributed by atoms with Crippen molar-refractivity contribution in [2.75, 3.05) is 17.1 Å². The minimum Gasteiger partial charge on any atom is -0.352 e. The van der Waals surface area contributed by atoms with Gasteiger partial charge in [-0.15, -0.1) is 0 Å². The third kappa shape index (κ3) is 8.70. The van der Waals surface area contributed by atoms with Crippen molar-refractivity contribution in [3.05, 3.63) is 98.4 Å². The second-order valence-corrected chi connectivity index (χ2v) is 13.0. The molecular weight excluding hydrogens is 625 g/mol. The quantitative estimate of drug-likeness (QED) is 0.288. The number of halogens is 3. The lowest BCUT2D eigenvalue weighted by molar-refractivity contribution is -0.140. The molecule has 2 amide bonds. The number of anilines is 1. The van der Waals surface area contributed by atoms with Gasteiger partial charge in [0.2, 0.25) is 21.8 Å². The van der Waals surface area contributed by atoms with Crippen LogP contribution < -0.4 is 9.62 Å². The van der Waals surface area contributed by atoms with Crippen molar-refractivity contribution in [3.8, 4) is 0 Å². The van der Waals surface area contributed by atoms with Crippen LogP contribution in [0, 0.1) is 0 Å². The first-order valence-corrected chi connectivity index (χ1v) is 15.6. The van der Waals surface area contributed by atoms with E-state index in [1.54, 1.807) is 6.07 Å². The lowest BCUT2D eigenvalue weighted by Crippen LogP contribution is -2.54. The summed E-state index contributed by atoms with van der Waals surface area (Å²) in [5, 5.41) is 3.08. The van der Waals surface area contributed by atoms with Gasteiger partial charge in [-0.1, -0.05) is 87.7 Å². The van der Waals surface area contributed by atoms with Crippen molar-refractivity contribution >= 4 is 66.7 Å². The van der Waals surface area contributed by atoms with Crippen LogP contribution in [0.25, 0.3) is 0 Å². The highest BCUT2D eigenvalue weighted by Crippen LogP contribution is 2.34. The maximum atomic E-state index is 14.0. The molecule has 0 heterocycles. The molecule has 1 atom stereocenters. The van der Waals surface area contributed by atoms with Gasteiger partial charge in [0.25, 0.3) is 0 Å². The third-order valence-corrected chi connectivity index (χ3v) is 8.31. The number of sulfonamides is 1. The van der Waals surface area contributed by atoms with Gasteiger partial charge in [-0.2, -0.15) is 0 Å². The second kappa shape index (κ2) is 13.7. The van der Waals surface area contributed by atoms with Crippen LogP contribution in [-0.4, -0.2) is 50.0 Å². The Bertz CT molecular complexity index is 1400. The highest BCUT2D eigenvalue weighted by molar-refractivity contribution is 9.10. The maximum absolute atomic E-state index is 14.0. The molecule has 0 aliphatic carbocycles. The molecule has 11 heteroatoms. The molecule has 0 unspecified atom stereocenters. The van der Waals surface area contributed by atoms with E-state index in [2.05, 4.69) is 21.2 Å². The monoisotopic (exact) mass is 653 g/mol. The van der Waals surface area contributed by atoms with Gasteiger partial charge in [0, 0.05) is 23.5 Å². The molecule has 3 aromatic rings. The van der Waals surface area contributed by atoms with Crippen LogP contribution in [0.2, 0.25) is 10.0 Å². The Hall–Kier alpha value is -2.59. The van der Waals surface area contributed by atoms with E-state index in [9.17, 15) is 18.0 Å². The molecule has 0 fully saturated rings. The minimum absolute atomic E-state index is 0.00948. The fourth-order valence-electron chi connectivity index (χ4n) is 4.00. The molecular formula is C28H30BrCl2N3O4S. The number of rotatable bonds is 11. The Morgan fingerprint density at radius 2 is 1.56 bits per heavy atom. The third-order valence-electron chi connectivity index (χ3n) is 5.85. The lowest BCUT2D eigenvalue weighted by atomic mass is 10.0. The average molecular weight is 655 g/mol. The van der Waals surface area contributed by atoms with Crippen molar-refractivity contribution in [1.29, 1.82) is 0 Å². The van der Waals surface area contributed by atoms with E-state index in [1.807, 2.05) is 68.4 Å². The fraction of sp³-hybridized carbons (Fsp3) is 0.286. The van der Waals surface area contributed by atoms with Crippen molar-refractivity contribution in [2.45, 2.75) is 38.9 Å². The minimum atomic E-state index is -3.95. The van der Waals surface area contributed by atoms with E-state index in [-0.39, 0.29) is 40.6 Å². The molecule has 1 N–H and O–H groups in total. The van der Waals surface area contributed by atoms with Crippen molar-refractivity contribution in [1.82, 2.24) is 10.2 Å². The van der Waals surface area contributed by atoms with E-state index in [4.69, 9.17) is 23.2 Å². The first-order chi connectivity index (χ1) is 18.4. The Labute approximate surface area is 248 Å². The molecule has 0 aromatic heterocycles. The first kappa shape index (κ1) is 30.9. The van der Waals surface area contributed by atoms with Crippen LogP contribution in [0.5, 0.6) is 0 Å². The highest BCUT2D eigenvalue weighted by atomic mass is 79.9. The van der Waals surface area contributed by atoms with Gasteiger partial charge < -0.3 is 10.2 Å². The van der Waals surface area contributed by atoms with Gasteiger partial charge >= 0.3 is 0 Å². The standard InChI is InChI=1S/C28H30BrCl2N3O4S/c1-19(2)32-28(36)25(16-20-8-5-4-6-9-20)33(17-21-12-14-22(29)15-13-21)26(35)18-34(39(3,37)38)24-11-7-10-23(30)27(24)31/h4-15,19,25H,16-18H2,1-3H3,(H,32,36)/t25-/m1/s1. The summed E-state index contributed by atoms with van der Waals surface area (Å²) in [7, 11) is -3.95. The van der Waals surface area contributed by atoms with E-state index < -0.39 is 28.5 Å². The molecule has 0 aliphatic rings. The van der Waals surface area contributed by atoms with Gasteiger partial charge in [-0.3, -0.25) is 13.9 Å². The Morgan fingerprint density at radius 1 is 0.923 bits per heavy atom. The summed E-state index contributed by atoms with van der Waals surface area (Å²) in [6.45, 7) is 3.18. The predicted molar refractivity (Wildman–Crippen MR) is 161 cm³/mol. The molecule has 3 rings (SSSR count). The number of carbonyl (C=O) groups is 2. The molecule has 3 aromatic carbocycles. The topological polar surface area (TPSA) is 86.8 Å². The van der Waals surface area contributed by atoms with Gasteiger partial charge in [0.1, 0.15) is 12.6 Å². The summed E-state index contributed by atoms with van der Waals surface area (Å²) >= 11 is 15.9. The molecule has 0 spiro atoms. The summed E-state index contributed by atoms with van der Waals surface area (Å²) in [4.78, 5) is 29.0. The van der Waals surface area contributed by atoms with E-state index in [0.29, 0.717) is 0 Å². The summed E-state index contributed by atoms with van der Waals surface area (Å²) < 4.78 is 27.5. The van der Waals surface area contributed by atoms with Crippen LogP contribution in [0.15, 0.2) is 77.3 Å². The molecule has 0 saturated carbocycles. The molecule has 0 aliphatic heterocycles. The zero-order chi connectivity index (χ0) is 28.7. The van der Waals surface area contributed by atoms with E-state index in [0.717, 1.165) is 26.2 Å². The smallest absolute Gasteiger partial charge is 0.244 e. The number of carbonyl (C=O) groups excluding carboxylic acids is 2. The Balaban J connectivity index is 2.07. The van der Waals surface area contributed by atoms with Crippen molar-refractivity contribution in [3.63, 3.8) is 0 Å². The van der Waals surface area contributed by atoms with E-state index in [1.165, 1.54) is 17.0 Å². The van der Waals surface area contributed by atoms with Gasteiger partial charge in [0.05, 0.1) is 22.0 Å². The number of amides is 2. The number of hydrogen-bond donors (Lipinski definition) is 1. The molecule has 0 saturated heterocycles. The Morgan fingerprint density at radius 3 is 2.15 bits per heavy atom. The largest absolute Gasteiger partial charge is 0.352 e. The lowest BCUT2D eigenvalue weighted by Gasteiger charge is -2.34. The van der Waals surface area contributed by atoms with Crippen LogP contribution in [0.4, 0.5) is 5.69 Å². The molecule has 7 nitrogen and oxygen atoms in total. The first-order valence-electron chi connectivity index (χ1n) is 12.2. The van der Waals surface area contributed by atoms with Crippen molar-refractivity contribution < 1.29 is 18.0 Å². The second-order valence-electron chi connectivity index (χ2n) is 9.36. The van der Waals surface area contributed by atoms with Crippen LogP contribution >= 0.6 is 39.1 Å². The zero-order valence-corrected chi connectivity index (χ0v) is 25.7. The zero-order valence-electron chi connectivity index (χ0n) is 21.8. The van der Waals surface area contributed by atoms with Gasteiger partial charge in [-0.05, 0) is 49.2 Å². The predicted octanol–water partition coefficient (Wildman–Crippen LogP) is 5.69. The van der Waals surface area contributed by atoms with Gasteiger partial charge in [0.15, 0.2) is 0 Å². The number of nitrogens with one attached hydrogen (secondary N) is 1.